The first kappa shape index (κ1) is 14.0. The molecule has 3 nitrogen and oxygen atoms in total. The van der Waals surface area contributed by atoms with Crippen molar-refractivity contribution in [2.75, 3.05) is 13.7 Å². The molecule has 0 aromatic heterocycles. The molecule has 1 heterocycles. The topological polar surface area (TPSA) is 30.5 Å². The molecule has 3 heteroatoms. The second-order valence-corrected chi connectivity index (χ2v) is 5.45. The van der Waals surface area contributed by atoms with Gasteiger partial charge in [0.05, 0.1) is 0 Å². The summed E-state index contributed by atoms with van der Waals surface area (Å²) < 4.78 is 11.8. The van der Waals surface area contributed by atoms with Gasteiger partial charge in [-0.25, -0.2) is 0 Å². The summed E-state index contributed by atoms with van der Waals surface area (Å²) in [5.74, 6) is 1.89. The predicted molar refractivity (Wildman–Crippen MR) is 84.0 cm³/mol. The Morgan fingerprint density at radius 1 is 1.24 bits per heavy atom. The molecular weight excluding hydrogens is 262 g/mol. The van der Waals surface area contributed by atoms with Crippen LogP contribution in [0.1, 0.15) is 24.1 Å². The maximum Gasteiger partial charge on any atom is 0.137 e. The van der Waals surface area contributed by atoms with Gasteiger partial charge in [0.2, 0.25) is 0 Å². The average Bonchev–Trinajstić information content (AvgIpc) is 2.95. The molecule has 1 N–H and O–H groups in total. The van der Waals surface area contributed by atoms with Gasteiger partial charge in [-0.05, 0) is 43.3 Å². The molecule has 2 atom stereocenters. The first-order chi connectivity index (χ1) is 10.3. The van der Waals surface area contributed by atoms with Crippen molar-refractivity contribution in [2.45, 2.75) is 25.5 Å². The van der Waals surface area contributed by atoms with Gasteiger partial charge in [-0.1, -0.05) is 30.3 Å². The van der Waals surface area contributed by atoms with E-state index in [1.807, 2.05) is 37.4 Å². The Morgan fingerprint density at radius 2 is 2.10 bits per heavy atom. The summed E-state index contributed by atoms with van der Waals surface area (Å²) in [5.41, 5.74) is 2.49. The summed E-state index contributed by atoms with van der Waals surface area (Å²) in [5, 5.41) is 3.24. The van der Waals surface area contributed by atoms with Crippen LogP contribution in [-0.4, -0.2) is 19.8 Å². The molecule has 2 aromatic rings. The van der Waals surface area contributed by atoms with Crippen LogP contribution in [-0.2, 0) is 6.42 Å². The van der Waals surface area contributed by atoms with E-state index in [2.05, 4.69) is 30.4 Å². The third kappa shape index (κ3) is 3.19. The van der Waals surface area contributed by atoms with Gasteiger partial charge < -0.3 is 14.8 Å². The molecule has 0 amide bonds. The summed E-state index contributed by atoms with van der Waals surface area (Å²) in [6, 6.07) is 16.7. The van der Waals surface area contributed by atoms with E-state index in [-0.39, 0.29) is 6.10 Å². The fourth-order valence-electron chi connectivity index (χ4n) is 2.58. The Hall–Kier alpha value is -2.00. The van der Waals surface area contributed by atoms with E-state index in [0.717, 1.165) is 17.9 Å². The van der Waals surface area contributed by atoms with E-state index < -0.39 is 0 Å². The van der Waals surface area contributed by atoms with Crippen molar-refractivity contribution in [3.63, 3.8) is 0 Å². The molecule has 0 fully saturated rings. The van der Waals surface area contributed by atoms with E-state index in [0.29, 0.717) is 12.6 Å². The Bertz CT molecular complexity index is 587. The van der Waals surface area contributed by atoms with Gasteiger partial charge in [0.15, 0.2) is 0 Å². The minimum Gasteiger partial charge on any atom is -0.490 e. The fourth-order valence-corrected chi connectivity index (χ4v) is 2.58. The minimum absolute atomic E-state index is 0.104. The molecule has 0 saturated heterocycles. The summed E-state index contributed by atoms with van der Waals surface area (Å²) in [4.78, 5) is 0. The molecule has 0 radical (unpaired) electrons. The first-order valence-electron chi connectivity index (χ1n) is 7.41. The van der Waals surface area contributed by atoms with Crippen molar-refractivity contribution in [1.82, 2.24) is 5.32 Å². The summed E-state index contributed by atoms with van der Waals surface area (Å²) in [6.45, 7) is 2.71. The van der Waals surface area contributed by atoms with Crippen molar-refractivity contribution in [2.24, 2.45) is 0 Å². The zero-order valence-electron chi connectivity index (χ0n) is 12.5. The van der Waals surface area contributed by atoms with Crippen molar-refractivity contribution < 1.29 is 9.47 Å². The van der Waals surface area contributed by atoms with Crippen LogP contribution in [0.25, 0.3) is 0 Å². The third-order valence-electron chi connectivity index (χ3n) is 3.94. The molecule has 1 aliphatic rings. The predicted octanol–water partition coefficient (Wildman–Crippen LogP) is 3.35. The molecule has 0 saturated carbocycles. The zero-order chi connectivity index (χ0) is 14.7. The molecule has 0 aliphatic carbocycles. The Balaban J connectivity index is 1.59. The van der Waals surface area contributed by atoms with Gasteiger partial charge in [0.25, 0.3) is 0 Å². The van der Waals surface area contributed by atoms with Crippen molar-refractivity contribution >= 4 is 0 Å². The monoisotopic (exact) mass is 283 g/mol. The van der Waals surface area contributed by atoms with Crippen LogP contribution in [0.2, 0.25) is 0 Å². The van der Waals surface area contributed by atoms with Gasteiger partial charge in [-0.15, -0.1) is 0 Å². The molecule has 2 aromatic carbocycles. The van der Waals surface area contributed by atoms with Gasteiger partial charge in [-0.2, -0.15) is 0 Å². The van der Waals surface area contributed by atoms with Gasteiger partial charge >= 0.3 is 0 Å². The largest absolute Gasteiger partial charge is 0.490 e. The highest BCUT2D eigenvalue weighted by Crippen LogP contribution is 2.28. The lowest BCUT2D eigenvalue weighted by Gasteiger charge is -2.15. The standard InChI is InChI=1S/C18H21NO2/c1-13(19-2)14-7-5-8-16(10-14)20-12-17-11-15-6-3-4-9-18(15)21-17/h3-10,13,17,19H,11-12H2,1-2H3. The van der Waals surface area contributed by atoms with Crippen molar-refractivity contribution in [1.29, 1.82) is 0 Å². The van der Waals surface area contributed by atoms with Crippen LogP contribution < -0.4 is 14.8 Å². The lowest BCUT2D eigenvalue weighted by Crippen LogP contribution is -2.22. The highest BCUT2D eigenvalue weighted by molar-refractivity contribution is 5.37. The molecule has 0 bridgehead atoms. The van der Waals surface area contributed by atoms with E-state index in [1.165, 1.54) is 11.1 Å². The molecular formula is C18H21NO2. The number of rotatable bonds is 5. The number of hydrogen-bond acceptors (Lipinski definition) is 3. The molecule has 0 spiro atoms. The van der Waals surface area contributed by atoms with E-state index in [1.54, 1.807) is 0 Å². The van der Waals surface area contributed by atoms with Crippen LogP contribution in [0.15, 0.2) is 48.5 Å². The minimum atomic E-state index is 0.104. The highest BCUT2D eigenvalue weighted by atomic mass is 16.5. The summed E-state index contributed by atoms with van der Waals surface area (Å²) in [6.07, 6.45) is 1.02. The number of fused-ring (bicyclic) bond motifs is 1. The molecule has 3 rings (SSSR count). The first-order valence-corrected chi connectivity index (χ1v) is 7.41. The molecule has 21 heavy (non-hydrogen) atoms. The molecule has 1 aliphatic heterocycles. The van der Waals surface area contributed by atoms with E-state index >= 15 is 0 Å². The second kappa shape index (κ2) is 6.19. The van der Waals surface area contributed by atoms with E-state index in [4.69, 9.17) is 9.47 Å². The highest BCUT2D eigenvalue weighted by Gasteiger charge is 2.22. The summed E-state index contributed by atoms with van der Waals surface area (Å²) >= 11 is 0. The maximum absolute atomic E-state index is 5.90. The maximum atomic E-state index is 5.90. The van der Waals surface area contributed by atoms with E-state index in [9.17, 15) is 0 Å². The van der Waals surface area contributed by atoms with Crippen molar-refractivity contribution in [3.05, 3.63) is 59.7 Å². The zero-order valence-corrected chi connectivity index (χ0v) is 12.5. The van der Waals surface area contributed by atoms with Gasteiger partial charge in [0, 0.05) is 12.5 Å². The number of hydrogen-bond donors (Lipinski definition) is 1. The summed E-state index contributed by atoms with van der Waals surface area (Å²) in [7, 11) is 1.96. The molecule has 110 valence electrons. The number of nitrogens with one attached hydrogen (secondary N) is 1. The third-order valence-corrected chi connectivity index (χ3v) is 3.94. The number of benzene rings is 2. The smallest absolute Gasteiger partial charge is 0.137 e. The Morgan fingerprint density at radius 3 is 2.90 bits per heavy atom. The normalized spacial score (nSPS) is 17.9. The fraction of sp³-hybridized carbons (Fsp3) is 0.333. The quantitative estimate of drug-likeness (QED) is 0.913. The van der Waals surface area contributed by atoms with Crippen LogP contribution >= 0.6 is 0 Å². The Labute approximate surface area is 125 Å². The van der Waals surface area contributed by atoms with Crippen LogP contribution in [0.5, 0.6) is 11.5 Å². The second-order valence-electron chi connectivity index (χ2n) is 5.45. The van der Waals surface area contributed by atoms with Crippen LogP contribution in [0.3, 0.4) is 0 Å². The van der Waals surface area contributed by atoms with Crippen LogP contribution in [0, 0.1) is 0 Å². The Kier molecular flexibility index (Phi) is 4.11. The van der Waals surface area contributed by atoms with Crippen LogP contribution in [0.4, 0.5) is 0 Å². The van der Waals surface area contributed by atoms with Crippen molar-refractivity contribution in [3.8, 4) is 11.5 Å². The lowest BCUT2D eigenvalue weighted by molar-refractivity contribution is 0.148. The number of ether oxygens (including phenoxy) is 2. The molecule has 2 unspecified atom stereocenters. The SMILES string of the molecule is CNC(C)c1cccc(OCC2Cc3ccccc3O2)c1. The average molecular weight is 283 g/mol. The van der Waals surface area contributed by atoms with Gasteiger partial charge in [0.1, 0.15) is 24.2 Å². The van der Waals surface area contributed by atoms with Gasteiger partial charge in [-0.3, -0.25) is 0 Å². The lowest BCUT2D eigenvalue weighted by atomic mass is 10.1. The number of para-hydroxylation sites is 1.